The van der Waals surface area contributed by atoms with Gasteiger partial charge < -0.3 is 15.5 Å². The van der Waals surface area contributed by atoms with Crippen molar-refractivity contribution in [3.05, 3.63) is 72.9 Å². The standard InChI is InChI=1S/C77H143NO3/c1-3-5-7-9-11-13-15-17-19-21-23-25-27-29-31-33-35-37-38-39-40-41-43-45-47-49-51-53-55-57-59-61-63-65-67-69-71-73-77(81)78-75(74-79)76(80)72-70-68-66-64-62-60-58-56-54-52-50-48-46-44-42-36-34-32-30-28-26-24-22-20-18-16-14-12-10-8-6-4-2/h5,7,11,13,17,19,23,25,29,31,35,37,75-76,79-80H,3-4,6,8-10,12,14-16,18,20-22,24,26-28,30,32-34,36,38-74H2,1-2H3,(H,78,81)/b7-5-,13-11-,19-17-,25-23-,31-29-,37-35-. The van der Waals surface area contributed by atoms with Gasteiger partial charge in [0.1, 0.15) is 0 Å². The molecule has 0 saturated heterocycles. The summed E-state index contributed by atoms with van der Waals surface area (Å²) >= 11 is 0. The van der Waals surface area contributed by atoms with Crippen LogP contribution in [0.2, 0.25) is 0 Å². The smallest absolute Gasteiger partial charge is 0.220 e. The van der Waals surface area contributed by atoms with Gasteiger partial charge in [-0.3, -0.25) is 4.79 Å². The average Bonchev–Trinajstić information content (AvgIpc) is 3.47. The van der Waals surface area contributed by atoms with Crippen molar-refractivity contribution in [2.24, 2.45) is 0 Å². The van der Waals surface area contributed by atoms with Gasteiger partial charge in [0.05, 0.1) is 18.8 Å². The van der Waals surface area contributed by atoms with Gasteiger partial charge in [-0.1, -0.05) is 395 Å². The maximum atomic E-state index is 12.6. The number of amides is 1. The Balaban J connectivity index is 3.41. The SMILES string of the molecule is CC/C=C\C/C=C\C/C=C\C/C=C\C/C=C\C/C=C\CCCCCCCCCCCCCCCCCCCCC(=O)NC(CO)C(O)CCCCCCCCCCCCCCCCCCCCCCCCCCCCCCCCCC. The second kappa shape index (κ2) is 72.1. The first-order chi connectivity index (χ1) is 40.2. The number of nitrogens with one attached hydrogen (secondary N) is 1. The molecule has 0 aromatic carbocycles. The Bertz CT molecular complexity index is 1380. The molecule has 2 unspecified atom stereocenters. The van der Waals surface area contributed by atoms with E-state index < -0.39 is 12.1 Å². The van der Waals surface area contributed by atoms with E-state index in [-0.39, 0.29) is 12.5 Å². The highest BCUT2D eigenvalue weighted by atomic mass is 16.3. The van der Waals surface area contributed by atoms with Crippen molar-refractivity contribution >= 4 is 5.91 Å². The summed E-state index contributed by atoms with van der Waals surface area (Å²) in [5.41, 5.74) is 0. The molecule has 0 aromatic heterocycles. The molecule has 0 rings (SSSR count). The Morgan fingerprint density at radius 2 is 0.543 bits per heavy atom. The number of allylic oxidation sites excluding steroid dienone is 12. The van der Waals surface area contributed by atoms with Crippen LogP contribution in [0.3, 0.4) is 0 Å². The molecule has 3 N–H and O–H groups in total. The minimum Gasteiger partial charge on any atom is -0.394 e. The van der Waals surface area contributed by atoms with Crippen LogP contribution in [0.15, 0.2) is 72.9 Å². The summed E-state index contributed by atoms with van der Waals surface area (Å²) < 4.78 is 0. The third-order valence-corrected chi connectivity index (χ3v) is 17.0. The lowest BCUT2D eigenvalue weighted by Gasteiger charge is -2.22. The summed E-state index contributed by atoms with van der Waals surface area (Å²) in [7, 11) is 0. The highest BCUT2D eigenvalue weighted by Crippen LogP contribution is 2.19. The lowest BCUT2D eigenvalue weighted by Crippen LogP contribution is -2.45. The minimum atomic E-state index is -0.663. The molecule has 0 aliphatic rings. The molecular weight excluding hydrogens is 987 g/mol. The van der Waals surface area contributed by atoms with Crippen molar-refractivity contribution in [3.63, 3.8) is 0 Å². The molecule has 0 bridgehead atoms. The molecule has 474 valence electrons. The molecule has 0 aliphatic heterocycles. The fourth-order valence-electron chi connectivity index (χ4n) is 11.5. The number of aliphatic hydroxyl groups is 2. The van der Waals surface area contributed by atoms with Crippen LogP contribution in [0.1, 0.15) is 393 Å². The summed E-state index contributed by atoms with van der Waals surface area (Å²) in [5, 5.41) is 23.5. The van der Waals surface area contributed by atoms with E-state index in [4.69, 9.17) is 0 Å². The topological polar surface area (TPSA) is 69.6 Å². The molecule has 0 fully saturated rings. The maximum absolute atomic E-state index is 12.6. The van der Waals surface area contributed by atoms with Gasteiger partial charge in [-0.15, -0.1) is 0 Å². The number of carbonyl (C=O) groups excluding carboxylic acids is 1. The predicted octanol–water partition coefficient (Wildman–Crippen LogP) is 25.2. The van der Waals surface area contributed by atoms with Crippen LogP contribution in [0.25, 0.3) is 0 Å². The molecule has 0 radical (unpaired) electrons. The Hall–Kier alpha value is -2.17. The quantitative estimate of drug-likeness (QED) is 0.0420. The van der Waals surface area contributed by atoms with E-state index in [1.807, 2.05) is 0 Å². The fourth-order valence-corrected chi connectivity index (χ4v) is 11.5. The Morgan fingerprint density at radius 1 is 0.309 bits per heavy atom. The largest absolute Gasteiger partial charge is 0.394 e. The number of hydrogen-bond acceptors (Lipinski definition) is 3. The summed E-state index contributed by atoms with van der Waals surface area (Å²) in [4.78, 5) is 12.6. The Labute approximate surface area is 508 Å². The van der Waals surface area contributed by atoms with E-state index in [9.17, 15) is 15.0 Å². The monoisotopic (exact) mass is 1130 g/mol. The second-order valence-corrected chi connectivity index (χ2v) is 25.0. The molecule has 1 amide bonds. The molecule has 0 saturated carbocycles. The maximum Gasteiger partial charge on any atom is 0.220 e. The number of hydrogen-bond donors (Lipinski definition) is 3. The summed E-state index contributed by atoms with van der Waals surface area (Å²) in [6.45, 7) is 4.28. The number of carbonyl (C=O) groups is 1. The highest BCUT2D eigenvalue weighted by molar-refractivity contribution is 5.76. The first-order valence-electron chi connectivity index (χ1n) is 36.6. The molecule has 4 nitrogen and oxygen atoms in total. The predicted molar refractivity (Wildman–Crippen MR) is 364 cm³/mol. The lowest BCUT2D eigenvalue weighted by atomic mass is 10.0. The van der Waals surface area contributed by atoms with Gasteiger partial charge in [-0.2, -0.15) is 0 Å². The van der Waals surface area contributed by atoms with Crippen molar-refractivity contribution in [3.8, 4) is 0 Å². The van der Waals surface area contributed by atoms with Crippen molar-refractivity contribution in [2.45, 2.75) is 405 Å². The molecule has 0 spiro atoms. The van der Waals surface area contributed by atoms with Crippen LogP contribution in [0, 0.1) is 0 Å². The van der Waals surface area contributed by atoms with Crippen LogP contribution < -0.4 is 5.32 Å². The highest BCUT2D eigenvalue weighted by Gasteiger charge is 2.20. The van der Waals surface area contributed by atoms with Crippen LogP contribution in [0.5, 0.6) is 0 Å². The van der Waals surface area contributed by atoms with Gasteiger partial charge in [0.25, 0.3) is 0 Å². The fraction of sp³-hybridized carbons (Fsp3) is 0.831. The summed E-state index contributed by atoms with van der Waals surface area (Å²) in [6.07, 6.45) is 104. The van der Waals surface area contributed by atoms with E-state index in [1.165, 1.54) is 302 Å². The Kier molecular flexibility index (Phi) is 70.2. The first-order valence-corrected chi connectivity index (χ1v) is 36.6. The van der Waals surface area contributed by atoms with Crippen molar-refractivity contribution in [1.82, 2.24) is 5.32 Å². The van der Waals surface area contributed by atoms with Crippen molar-refractivity contribution in [2.75, 3.05) is 6.61 Å². The third-order valence-electron chi connectivity index (χ3n) is 17.0. The Morgan fingerprint density at radius 3 is 0.815 bits per heavy atom. The zero-order valence-corrected chi connectivity index (χ0v) is 54.8. The summed E-state index contributed by atoms with van der Waals surface area (Å²) in [5.74, 6) is -0.0254. The molecule has 0 heterocycles. The molecule has 81 heavy (non-hydrogen) atoms. The minimum absolute atomic E-state index is 0.0254. The van der Waals surface area contributed by atoms with Crippen LogP contribution in [-0.2, 0) is 4.79 Å². The van der Waals surface area contributed by atoms with Crippen LogP contribution in [-0.4, -0.2) is 34.9 Å². The van der Waals surface area contributed by atoms with E-state index >= 15 is 0 Å². The average molecular weight is 1130 g/mol. The van der Waals surface area contributed by atoms with E-state index in [0.717, 1.165) is 64.2 Å². The zero-order valence-electron chi connectivity index (χ0n) is 54.8. The van der Waals surface area contributed by atoms with Gasteiger partial charge in [0.2, 0.25) is 5.91 Å². The van der Waals surface area contributed by atoms with Gasteiger partial charge in [-0.25, -0.2) is 0 Å². The van der Waals surface area contributed by atoms with Gasteiger partial charge in [0.15, 0.2) is 0 Å². The lowest BCUT2D eigenvalue weighted by molar-refractivity contribution is -0.123. The van der Waals surface area contributed by atoms with Gasteiger partial charge >= 0.3 is 0 Å². The van der Waals surface area contributed by atoms with E-state index in [1.54, 1.807) is 0 Å². The molecule has 4 heteroatoms. The first kappa shape index (κ1) is 78.8. The van der Waals surface area contributed by atoms with Crippen LogP contribution >= 0.6 is 0 Å². The summed E-state index contributed by atoms with van der Waals surface area (Å²) in [6, 6.07) is -0.540. The van der Waals surface area contributed by atoms with Crippen molar-refractivity contribution < 1.29 is 15.0 Å². The normalized spacial score (nSPS) is 13.1. The molecule has 2 atom stereocenters. The molecule has 0 aromatic rings. The number of aliphatic hydroxyl groups excluding tert-OH is 2. The van der Waals surface area contributed by atoms with E-state index in [0.29, 0.717) is 12.8 Å². The number of unbranched alkanes of at least 4 members (excludes halogenated alkanes) is 49. The van der Waals surface area contributed by atoms with Gasteiger partial charge in [0, 0.05) is 6.42 Å². The van der Waals surface area contributed by atoms with Crippen molar-refractivity contribution in [1.29, 1.82) is 0 Å². The third kappa shape index (κ3) is 68.5. The molecule has 0 aliphatic carbocycles. The van der Waals surface area contributed by atoms with E-state index in [2.05, 4.69) is 92.1 Å². The molecular formula is C77H143NO3. The zero-order chi connectivity index (χ0) is 58.4. The van der Waals surface area contributed by atoms with Gasteiger partial charge in [-0.05, 0) is 64.2 Å². The van der Waals surface area contributed by atoms with Crippen LogP contribution in [0.4, 0.5) is 0 Å². The number of rotatable bonds is 68. The second-order valence-electron chi connectivity index (χ2n) is 25.0.